The SMILES string of the molecule is COC(=O)[C@@]12CCCN1Cc1c(c3ccc(OC)cc3c3cc(OC)c(OC)cc13)C2. The predicted octanol–water partition coefficient (Wildman–Crippen LogP) is 4.08. The summed E-state index contributed by atoms with van der Waals surface area (Å²) in [7, 11) is 6.47. The largest absolute Gasteiger partial charge is 0.497 e. The number of benzene rings is 3. The third-order valence-electron chi connectivity index (χ3n) is 7.06. The monoisotopic (exact) mass is 421 g/mol. The zero-order valence-electron chi connectivity index (χ0n) is 18.4. The molecular weight excluding hydrogens is 394 g/mol. The van der Waals surface area contributed by atoms with Crippen LogP contribution in [0.25, 0.3) is 21.5 Å². The minimum Gasteiger partial charge on any atom is -0.497 e. The summed E-state index contributed by atoms with van der Waals surface area (Å²) in [6.45, 7) is 1.60. The first-order valence-electron chi connectivity index (χ1n) is 10.6. The van der Waals surface area contributed by atoms with Crippen molar-refractivity contribution in [2.75, 3.05) is 35.0 Å². The van der Waals surface area contributed by atoms with E-state index in [-0.39, 0.29) is 5.97 Å². The van der Waals surface area contributed by atoms with Crippen LogP contribution in [0.5, 0.6) is 17.2 Å². The summed E-state index contributed by atoms with van der Waals surface area (Å²) in [5, 5.41) is 4.44. The van der Waals surface area contributed by atoms with E-state index in [4.69, 9.17) is 18.9 Å². The van der Waals surface area contributed by atoms with E-state index in [2.05, 4.69) is 23.1 Å². The topological polar surface area (TPSA) is 57.2 Å². The zero-order chi connectivity index (χ0) is 21.8. The van der Waals surface area contributed by atoms with Crippen LogP contribution in [-0.4, -0.2) is 51.4 Å². The third kappa shape index (κ3) is 2.78. The smallest absolute Gasteiger partial charge is 0.326 e. The Hall–Kier alpha value is -2.99. The number of nitrogens with zero attached hydrogens (tertiary/aromatic N) is 1. The molecule has 0 aromatic heterocycles. The van der Waals surface area contributed by atoms with Gasteiger partial charge >= 0.3 is 5.97 Å². The Bertz CT molecular complexity index is 1200. The first kappa shape index (κ1) is 19.9. The van der Waals surface area contributed by atoms with E-state index >= 15 is 0 Å². The van der Waals surface area contributed by atoms with Gasteiger partial charge in [0.05, 0.1) is 28.4 Å². The quantitative estimate of drug-likeness (QED) is 0.467. The maximum Gasteiger partial charge on any atom is 0.326 e. The van der Waals surface area contributed by atoms with Gasteiger partial charge in [-0.2, -0.15) is 0 Å². The molecule has 31 heavy (non-hydrogen) atoms. The molecule has 0 spiro atoms. The van der Waals surface area contributed by atoms with E-state index in [9.17, 15) is 4.79 Å². The average molecular weight is 421 g/mol. The fourth-order valence-electron chi connectivity index (χ4n) is 5.54. The number of carbonyl (C=O) groups excluding carboxylic acids is 1. The Kier molecular flexibility index (Phi) is 4.70. The standard InChI is InChI=1S/C25H27NO5/c1-28-15-6-7-16-17(10-15)18-11-22(29-2)23(30-3)12-19(18)21-14-26-9-5-8-25(26,13-20(16)21)24(27)31-4/h6-7,10-12H,5,8-9,13-14H2,1-4H3/t25-/m0/s1. The second-order valence-electron chi connectivity index (χ2n) is 8.35. The van der Waals surface area contributed by atoms with Crippen molar-refractivity contribution in [1.82, 2.24) is 4.90 Å². The molecule has 2 heterocycles. The number of ether oxygens (including phenoxy) is 4. The molecule has 3 aromatic carbocycles. The van der Waals surface area contributed by atoms with Crippen molar-refractivity contribution in [1.29, 1.82) is 0 Å². The first-order chi connectivity index (χ1) is 15.1. The molecule has 2 aliphatic rings. The number of hydrogen-bond acceptors (Lipinski definition) is 6. The van der Waals surface area contributed by atoms with Crippen LogP contribution in [0, 0.1) is 0 Å². The lowest BCUT2D eigenvalue weighted by molar-refractivity contribution is -0.154. The summed E-state index contributed by atoms with van der Waals surface area (Å²) >= 11 is 0. The van der Waals surface area contributed by atoms with Crippen LogP contribution in [0.2, 0.25) is 0 Å². The molecule has 162 valence electrons. The van der Waals surface area contributed by atoms with Gasteiger partial charge in [-0.05, 0) is 76.3 Å². The van der Waals surface area contributed by atoms with Gasteiger partial charge in [-0.15, -0.1) is 0 Å². The van der Waals surface area contributed by atoms with Crippen molar-refractivity contribution in [3.8, 4) is 17.2 Å². The highest BCUT2D eigenvalue weighted by atomic mass is 16.5. The molecule has 0 N–H and O–H groups in total. The summed E-state index contributed by atoms with van der Waals surface area (Å²) < 4.78 is 22.0. The molecule has 1 fully saturated rings. The highest BCUT2D eigenvalue weighted by molar-refractivity contribution is 6.12. The molecule has 0 bridgehead atoms. The molecule has 0 radical (unpaired) electrons. The molecule has 1 saturated heterocycles. The van der Waals surface area contributed by atoms with Crippen molar-refractivity contribution in [3.63, 3.8) is 0 Å². The van der Waals surface area contributed by atoms with Crippen molar-refractivity contribution in [2.45, 2.75) is 31.3 Å². The van der Waals surface area contributed by atoms with E-state index in [0.717, 1.165) is 46.7 Å². The van der Waals surface area contributed by atoms with Crippen LogP contribution in [-0.2, 0) is 22.5 Å². The number of methoxy groups -OCH3 is 4. The maximum absolute atomic E-state index is 12.9. The van der Waals surface area contributed by atoms with Crippen LogP contribution in [0.3, 0.4) is 0 Å². The van der Waals surface area contributed by atoms with Crippen LogP contribution in [0.15, 0.2) is 30.3 Å². The van der Waals surface area contributed by atoms with Crippen LogP contribution < -0.4 is 14.2 Å². The van der Waals surface area contributed by atoms with E-state index in [1.807, 2.05) is 12.1 Å². The lowest BCUT2D eigenvalue weighted by atomic mass is 9.78. The molecule has 5 rings (SSSR count). The fourth-order valence-corrected chi connectivity index (χ4v) is 5.54. The summed E-state index contributed by atoms with van der Waals surface area (Å²) in [5.74, 6) is 2.06. The minimum absolute atomic E-state index is 0.135. The van der Waals surface area contributed by atoms with E-state index in [1.54, 1.807) is 21.3 Å². The first-order valence-corrected chi connectivity index (χ1v) is 10.6. The molecule has 0 amide bonds. The molecule has 0 saturated carbocycles. The lowest BCUT2D eigenvalue weighted by Gasteiger charge is -2.41. The lowest BCUT2D eigenvalue weighted by Crippen LogP contribution is -2.54. The molecule has 2 aliphatic heterocycles. The number of hydrogen-bond donors (Lipinski definition) is 0. The Morgan fingerprint density at radius 2 is 1.58 bits per heavy atom. The second-order valence-corrected chi connectivity index (χ2v) is 8.35. The zero-order valence-corrected chi connectivity index (χ0v) is 18.4. The summed E-state index contributed by atoms with van der Waals surface area (Å²) in [5.41, 5.74) is 1.87. The van der Waals surface area contributed by atoms with Gasteiger partial charge in [-0.3, -0.25) is 9.69 Å². The average Bonchev–Trinajstić information content (AvgIpc) is 3.25. The van der Waals surface area contributed by atoms with E-state index in [1.165, 1.54) is 18.2 Å². The Balaban J connectivity index is 1.86. The molecule has 6 heteroatoms. The van der Waals surface area contributed by atoms with Gasteiger partial charge in [0.15, 0.2) is 11.5 Å². The van der Waals surface area contributed by atoms with Gasteiger partial charge < -0.3 is 18.9 Å². The molecule has 1 atom stereocenters. The minimum atomic E-state index is -0.584. The third-order valence-corrected chi connectivity index (χ3v) is 7.06. The molecule has 3 aromatic rings. The second kappa shape index (κ2) is 7.31. The maximum atomic E-state index is 12.9. The van der Waals surface area contributed by atoms with Crippen LogP contribution in [0.4, 0.5) is 0 Å². The van der Waals surface area contributed by atoms with Crippen molar-refractivity contribution >= 4 is 27.5 Å². The van der Waals surface area contributed by atoms with Crippen molar-refractivity contribution in [3.05, 3.63) is 41.5 Å². The summed E-state index contributed by atoms with van der Waals surface area (Å²) in [6.07, 6.45) is 2.45. The number of carbonyl (C=O) groups is 1. The van der Waals surface area contributed by atoms with Gasteiger partial charge in [0.1, 0.15) is 11.3 Å². The van der Waals surface area contributed by atoms with Crippen molar-refractivity contribution in [2.24, 2.45) is 0 Å². The molecule has 0 unspecified atom stereocenters. The highest BCUT2D eigenvalue weighted by Crippen LogP contribution is 2.47. The predicted molar refractivity (Wildman–Crippen MR) is 119 cm³/mol. The molecule has 6 nitrogen and oxygen atoms in total. The number of rotatable bonds is 4. The normalized spacial score (nSPS) is 20.4. The van der Waals surface area contributed by atoms with Gasteiger partial charge in [0.2, 0.25) is 0 Å². The fraction of sp³-hybridized carbons (Fsp3) is 0.400. The van der Waals surface area contributed by atoms with E-state index in [0.29, 0.717) is 24.5 Å². The van der Waals surface area contributed by atoms with Crippen LogP contribution >= 0.6 is 0 Å². The van der Waals surface area contributed by atoms with Gasteiger partial charge in [0, 0.05) is 13.0 Å². The molecular formula is C25H27NO5. The van der Waals surface area contributed by atoms with Crippen molar-refractivity contribution < 1.29 is 23.7 Å². The Morgan fingerprint density at radius 1 is 0.871 bits per heavy atom. The molecule has 0 aliphatic carbocycles. The highest BCUT2D eigenvalue weighted by Gasteiger charge is 2.51. The van der Waals surface area contributed by atoms with Crippen LogP contribution in [0.1, 0.15) is 24.0 Å². The number of esters is 1. The number of fused-ring (bicyclic) bond motifs is 7. The Labute approximate surface area is 181 Å². The summed E-state index contributed by atoms with van der Waals surface area (Å²) in [4.78, 5) is 15.2. The Morgan fingerprint density at radius 3 is 2.26 bits per heavy atom. The van der Waals surface area contributed by atoms with Gasteiger partial charge in [0.25, 0.3) is 0 Å². The summed E-state index contributed by atoms with van der Waals surface area (Å²) in [6, 6.07) is 10.3. The van der Waals surface area contributed by atoms with E-state index < -0.39 is 5.54 Å². The van der Waals surface area contributed by atoms with Gasteiger partial charge in [-0.25, -0.2) is 0 Å². The van der Waals surface area contributed by atoms with Gasteiger partial charge in [-0.1, -0.05) is 6.07 Å².